The SMILES string of the molecule is COCCC(c1ccc(-c2c(N)ccc(Cl)c2F)cn1)n1cc(-n2cnnc2)cn1. The van der Waals surface area contributed by atoms with Crippen LogP contribution in [0.15, 0.2) is 55.5 Å². The number of nitrogens with zero attached hydrogens (tertiary/aromatic N) is 6. The number of pyridine rings is 1. The highest BCUT2D eigenvalue weighted by atomic mass is 35.5. The summed E-state index contributed by atoms with van der Waals surface area (Å²) in [5.41, 5.74) is 8.63. The lowest BCUT2D eigenvalue weighted by atomic mass is 10.0. The Morgan fingerprint density at radius 2 is 1.97 bits per heavy atom. The highest BCUT2D eigenvalue weighted by Gasteiger charge is 2.19. The largest absolute Gasteiger partial charge is 0.398 e. The molecule has 0 bridgehead atoms. The van der Waals surface area contributed by atoms with E-state index in [1.54, 1.807) is 48.9 Å². The van der Waals surface area contributed by atoms with Crippen molar-refractivity contribution in [2.75, 3.05) is 19.5 Å². The zero-order valence-corrected chi connectivity index (χ0v) is 16.9. The molecule has 0 aliphatic rings. The van der Waals surface area contributed by atoms with E-state index in [2.05, 4.69) is 20.3 Å². The predicted molar refractivity (Wildman–Crippen MR) is 111 cm³/mol. The summed E-state index contributed by atoms with van der Waals surface area (Å²) in [4.78, 5) is 4.56. The lowest BCUT2D eigenvalue weighted by Crippen LogP contribution is -2.15. The minimum Gasteiger partial charge on any atom is -0.398 e. The molecule has 4 rings (SSSR count). The number of anilines is 1. The van der Waals surface area contributed by atoms with Crippen LogP contribution in [0.3, 0.4) is 0 Å². The molecule has 1 aromatic carbocycles. The molecule has 0 saturated heterocycles. The number of nitrogens with two attached hydrogens (primary N) is 1. The normalized spacial score (nSPS) is 12.2. The molecule has 1 unspecified atom stereocenters. The molecule has 1 atom stereocenters. The number of nitrogen functional groups attached to an aromatic ring is 1. The Labute approximate surface area is 177 Å². The van der Waals surface area contributed by atoms with Gasteiger partial charge in [-0.1, -0.05) is 17.7 Å². The Balaban J connectivity index is 1.67. The van der Waals surface area contributed by atoms with Gasteiger partial charge in [0.2, 0.25) is 0 Å². The van der Waals surface area contributed by atoms with E-state index in [4.69, 9.17) is 22.1 Å². The average molecular weight is 428 g/mol. The Kier molecular flexibility index (Phi) is 5.73. The van der Waals surface area contributed by atoms with E-state index in [0.717, 1.165) is 11.4 Å². The van der Waals surface area contributed by atoms with E-state index < -0.39 is 5.82 Å². The Bertz CT molecular complexity index is 1130. The third-order valence-corrected chi connectivity index (χ3v) is 5.05. The lowest BCUT2D eigenvalue weighted by molar-refractivity contribution is 0.181. The Morgan fingerprint density at radius 3 is 2.67 bits per heavy atom. The fraction of sp³-hybridized carbons (Fsp3) is 0.200. The van der Waals surface area contributed by atoms with Crippen molar-refractivity contribution in [1.29, 1.82) is 0 Å². The van der Waals surface area contributed by atoms with Crippen LogP contribution in [0.1, 0.15) is 18.2 Å². The first-order valence-electron chi connectivity index (χ1n) is 9.16. The fourth-order valence-electron chi connectivity index (χ4n) is 3.22. The molecular weight excluding hydrogens is 409 g/mol. The first-order valence-corrected chi connectivity index (χ1v) is 9.54. The van der Waals surface area contributed by atoms with Gasteiger partial charge in [-0.2, -0.15) is 5.10 Å². The van der Waals surface area contributed by atoms with Crippen LogP contribution in [0.25, 0.3) is 16.8 Å². The minimum atomic E-state index is -0.562. The molecule has 4 aromatic rings. The summed E-state index contributed by atoms with van der Waals surface area (Å²) >= 11 is 5.91. The molecule has 3 heterocycles. The Hall–Kier alpha value is -3.30. The molecule has 30 heavy (non-hydrogen) atoms. The van der Waals surface area contributed by atoms with Crippen molar-refractivity contribution in [3.63, 3.8) is 0 Å². The summed E-state index contributed by atoms with van der Waals surface area (Å²) in [6.07, 6.45) is 9.04. The second-order valence-electron chi connectivity index (χ2n) is 6.64. The molecule has 154 valence electrons. The van der Waals surface area contributed by atoms with Gasteiger partial charge in [0.1, 0.15) is 12.7 Å². The van der Waals surface area contributed by atoms with Crippen molar-refractivity contribution >= 4 is 17.3 Å². The molecule has 0 aliphatic heterocycles. The summed E-state index contributed by atoms with van der Waals surface area (Å²) in [6.45, 7) is 0.520. The van der Waals surface area contributed by atoms with Gasteiger partial charge in [0.05, 0.1) is 28.6 Å². The van der Waals surface area contributed by atoms with Crippen LogP contribution < -0.4 is 5.73 Å². The summed E-state index contributed by atoms with van der Waals surface area (Å²) in [5, 5.41) is 12.1. The van der Waals surface area contributed by atoms with E-state index in [-0.39, 0.29) is 16.6 Å². The van der Waals surface area contributed by atoms with Gasteiger partial charge in [-0.15, -0.1) is 10.2 Å². The van der Waals surface area contributed by atoms with Gasteiger partial charge in [0, 0.05) is 42.9 Å². The zero-order valence-electron chi connectivity index (χ0n) is 16.1. The molecule has 0 spiro atoms. The van der Waals surface area contributed by atoms with E-state index in [1.165, 1.54) is 6.07 Å². The van der Waals surface area contributed by atoms with Gasteiger partial charge < -0.3 is 10.5 Å². The zero-order chi connectivity index (χ0) is 21.1. The van der Waals surface area contributed by atoms with Gasteiger partial charge in [-0.25, -0.2) is 4.39 Å². The van der Waals surface area contributed by atoms with Crippen molar-refractivity contribution in [3.05, 3.63) is 72.0 Å². The summed E-state index contributed by atoms with van der Waals surface area (Å²) in [5.74, 6) is -0.562. The number of methoxy groups -OCH3 is 1. The number of rotatable bonds is 7. The first-order chi connectivity index (χ1) is 14.6. The summed E-state index contributed by atoms with van der Waals surface area (Å²) < 4.78 is 23.3. The maximum atomic E-state index is 14.5. The average Bonchev–Trinajstić information content (AvgIpc) is 3.44. The van der Waals surface area contributed by atoms with Gasteiger partial charge in [0.25, 0.3) is 0 Å². The number of hydrogen-bond acceptors (Lipinski definition) is 6. The second kappa shape index (κ2) is 8.60. The summed E-state index contributed by atoms with van der Waals surface area (Å²) in [6, 6.07) is 6.44. The monoisotopic (exact) mass is 427 g/mol. The van der Waals surface area contributed by atoms with E-state index >= 15 is 0 Å². The van der Waals surface area contributed by atoms with Crippen molar-refractivity contribution in [2.24, 2.45) is 0 Å². The highest BCUT2D eigenvalue weighted by molar-refractivity contribution is 6.31. The fourth-order valence-corrected chi connectivity index (χ4v) is 3.38. The molecule has 10 heteroatoms. The van der Waals surface area contributed by atoms with Crippen LogP contribution in [-0.4, -0.2) is 43.2 Å². The van der Waals surface area contributed by atoms with Crippen molar-refractivity contribution in [3.8, 4) is 16.8 Å². The van der Waals surface area contributed by atoms with Crippen LogP contribution in [-0.2, 0) is 4.74 Å². The smallest absolute Gasteiger partial charge is 0.151 e. The van der Waals surface area contributed by atoms with Crippen molar-refractivity contribution in [2.45, 2.75) is 12.5 Å². The van der Waals surface area contributed by atoms with Crippen LogP contribution >= 0.6 is 11.6 Å². The number of aromatic nitrogens is 6. The second-order valence-corrected chi connectivity index (χ2v) is 7.05. The highest BCUT2D eigenvalue weighted by Crippen LogP contribution is 2.33. The molecule has 0 amide bonds. The third kappa shape index (κ3) is 3.89. The molecule has 2 N–H and O–H groups in total. The van der Waals surface area contributed by atoms with E-state index in [1.807, 2.05) is 16.9 Å². The molecule has 0 fully saturated rings. The number of ether oxygens (including phenoxy) is 1. The number of hydrogen-bond donors (Lipinski definition) is 1. The minimum absolute atomic E-state index is 0.0132. The predicted octanol–water partition coefficient (Wildman–Crippen LogP) is 3.53. The topological polar surface area (TPSA) is 96.7 Å². The lowest BCUT2D eigenvalue weighted by Gasteiger charge is -2.17. The van der Waals surface area contributed by atoms with Crippen LogP contribution in [0, 0.1) is 5.82 Å². The molecule has 0 aliphatic carbocycles. The van der Waals surface area contributed by atoms with Crippen molar-refractivity contribution in [1.82, 2.24) is 29.5 Å². The van der Waals surface area contributed by atoms with E-state index in [9.17, 15) is 4.39 Å². The number of halogens is 2. The van der Waals surface area contributed by atoms with Gasteiger partial charge in [0.15, 0.2) is 5.82 Å². The standard InChI is InChI=1S/C20H19ClFN7O/c1-30-7-6-18(29-10-14(9-27-29)28-11-25-26-12-28)17-5-2-13(8-24-17)19-16(23)4-3-15(21)20(19)22/h2-5,8-12,18H,6-7,23H2,1H3. The van der Waals surface area contributed by atoms with Crippen LogP contribution in [0.5, 0.6) is 0 Å². The van der Waals surface area contributed by atoms with Crippen LogP contribution in [0.2, 0.25) is 5.02 Å². The quantitative estimate of drug-likeness (QED) is 0.453. The summed E-state index contributed by atoms with van der Waals surface area (Å²) in [7, 11) is 1.64. The molecule has 0 radical (unpaired) electrons. The number of benzene rings is 1. The third-order valence-electron chi connectivity index (χ3n) is 4.76. The van der Waals surface area contributed by atoms with E-state index in [0.29, 0.717) is 24.3 Å². The van der Waals surface area contributed by atoms with Gasteiger partial charge >= 0.3 is 0 Å². The van der Waals surface area contributed by atoms with Crippen molar-refractivity contribution < 1.29 is 9.13 Å². The Morgan fingerprint density at radius 1 is 1.17 bits per heavy atom. The van der Waals surface area contributed by atoms with Gasteiger partial charge in [-0.05, 0) is 24.6 Å². The maximum Gasteiger partial charge on any atom is 0.151 e. The van der Waals surface area contributed by atoms with Crippen LogP contribution in [0.4, 0.5) is 10.1 Å². The molecule has 0 saturated carbocycles. The van der Waals surface area contributed by atoms with Gasteiger partial charge in [-0.3, -0.25) is 14.2 Å². The first kappa shape index (κ1) is 20.0. The molecular formula is C20H19ClFN7O. The molecule has 3 aromatic heterocycles. The maximum absolute atomic E-state index is 14.5. The molecule has 8 nitrogen and oxygen atoms in total.